The summed E-state index contributed by atoms with van der Waals surface area (Å²) in [5.41, 5.74) is 6.19. The molecule has 18 heavy (non-hydrogen) atoms. The zero-order chi connectivity index (χ0) is 13.2. The maximum atomic E-state index is 12.4. The summed E-state index contributed by atoms with van der Waals surface area (Å²) < 4.78 is 37.3. The van der Waals surface area contributed by atoms with E-state index >= 15 is 0 Å². The Morgan fingerprint density at radius 2 is 1.67 bits per heavy atom. The third-order valence-electron chi connectivity index (χ3n) is 3.09. The van der Waals surface area contributed by atoms with Crippen molar-refractivity contribution in [3.8, 4) is 0 Å². The summed E-state index contributed by atoms with van der Waals surface area (Å²) in [6, 6.07) is 4.40. The first-order valence-electron chi connectivity index (χ1n) is 5.86. The van der Waals surface area contributed by atoms with Crippen molar-refractivity contribution in [3.63, 3.8) is 0 Å². The second kappa shape index (κ2) is 5.16. The Morgan fingerprint density at radius 3 is 2.17 bits per heavy atom. The average Bonchev–Trinajstić information content (AvgIpc) is 2.38. The molecule has 0 aromatic heterocycles. The van der Waals surface area contributed by atoms with Gasteiger partial charge in [0.1, 0.15) is 6.04 Å². The van der Waals surface area contributed by atoms with Crippen LogP contribution in [0, 0.1) is 0 Å². The van der Waals surface area contributed by atoms with Crippen LogP contribution in [0.15, 0.2) is 24.3 Å². The van der Waals surface area contributed by atoms with Gasteiger partial charge in [0.2, 0.25) is 0 Å². The summed E-state index contributed by atoms with van der Waals surface area (Å²) in [5, 5.41) is 3.22. The number of alkyl halides is 3. The molecule has 1 aliphatic rings. The van der Waals surface area contributed by atoms with Crippen molar-refractivity contribution in [2.24, 2.45) is 5.73 Å². The van der Waals surface area contributed by atoms with Crippen LogP contribution in [0.5, 0.6) is 0 Å². The van der Waals surface area contributed by atoms with E-state index in [4.69, 9.17) is 5.73 Å². The Morgan fingerprint density at radius 1 is 1.11 bits per heavy atom. The van der Waals surface area contributed by atoms with E-state index < -0.39 is 12.2 Å². The van der Waals surface area contributed by atoms with Gasteiger partial charge >= 0.3 is 6.18 Å². The fourth-order valence-electron chi connectivity index (χ4n) is 2.00. The van der Waals surface area contributed by atoms with Crippen molar-refractivity contribution < 1.29 is 13.2 Å². The molecule has 0 saturated carbocycles. The van der Waals surface area contributed by atoms with Crippen LogP contribution in [-0.4, -0.2) is 32.4 Å². The molecule has 1 heterocycles. The van der Waals surface area contributed by atoms with Gasteiger partial charge in [0, 0.05) is 31.9 Å². The van der Waals surface area contributed by atoms with Crippen molar-refractivity contribution in [1.82, 2.24) is 5.32 Å². The SMILES string of the molecule is N[C@H](c1ccc(N2CCNCC2)cc1)C(F)(F)F. The molecule has 0 spiro atoms. The lowest BCUT2D eigenvalue weighted by Gasteiger charge is -2.29. The van der Waals surface area contributed by atoms with Gasteiger partial charge in [-0.3, -0.25) is 0 Å². The summed E-state index contributed by atoms with van der Waals surface area (Å²) in [4.78, 5) is 2.14. The van der Waals surface area contributed by atoms with E-state index in [0.717, 1.165) is 31.9 Å². The van der Waals surface area contributed by atoms with Gasteiger partial charge in [-0.15, -0.1) is 0 Å². The van der Waals surface area contributed by atoms with E-state index in [1.165, 1.54) is 12.1 Å². The fourth-order valence-corrected chi connectivity index (χ4v) is 2.00. The molecule has 1 aromatic rings. The van der Waals surface area contributed by atoms with Gasteiger partial charge in [0.05, 0.1) is 0 Å². The largest absolute Gasteiger partial charge is 0.407 e. The molecular formula is C12H16F3N3. The quantitative estimate of drug-likeness (QED) is 0.848. The van der Waals surface area contributed by atoms with Gasteiger partial charge in [-0.2, -0.15) is 13.2 Å². The third-order valence-corrected chi connectivity index (χ3v) is 3.09. The first-order valence-corrected chi connectivity index (χ1v) is 5.86. The molecule has 3 N–H and O–H groups in total. The number of halogens is 3. The van der Waals surface area contributed by atoms with Crippen LogP contribution in [0.1, 0.15) is 11.6 Å². The van der Waals surface area contributed by atoms with Crippen LogP contribution < -0.4 is 16.0 Å². The second-order valence-corrected chi connectivity index (χ2v) is 4.35. The van der Waals surface area contributed by atoms with Crippen molar-refractivity contribution in [3.05, 3.63) is 29.8 Å². The van der Waals surface area contributed by atoms with Gasteiger partial charge in [-0.05, 0) is 17.7 Å². The zero-order valence-corrected chi connectivity index (χ0v) is 9.87. The van der Waals surface area contributed by atoms with Crippen LogP contribution in [0.4, 0.5) is 18.9 Å². The Bertz CT molecular complexity index is 383. The molecule has 1 fully saturated rings. The molecule has 0 aliphatic carbocycles. The molecule has 1 saturated heterocycles. The smallest absolute Gasteiger partial charge is 0.369 e. The molecule has 1 aromatic carbocycles. The van der Waals surface area contributed by atoms with Crippen LogP contribution in [0.2, 0.25) is 0 Å². The highest BCUT2D eigenvalue weighted by Gasteiger charge is 2.37. The van der Waals surface area contributed by atoms with E-state index in [2.05, 4.69) is 10.2 Å². The minimum atomic E-state index is -4.39. The number of nitrogens with zero attached hydrogens (tertiary/aromatic N) is 1. The van der Waals surface area contributed by atoms with Crippen molar-refractivity contribution in [1.29, 1.82) is 0 Å². The number of piperazine rings is 1. The molecule has 1 atom stereocenters. The molecule has 6 heteroatoms. The number of nitrogens with two attached hydrogens (primary N) is 1. The molecule has 3 nitrogen and oxygen atoms in total. The van der Waals surface area contributed by atoms with Gasteiger partial charge in [-0.25, -0.2) is 0 Å². The third kappa shape index (κ3) is 2.94. The summed E-state index contributed by atoms with van der Waals surface area (Å²) in [6.45, 7) is 3.52. The van der Waals surface area contributed by atoms with Crippen molar-refractivity contribution in [2.75, 3.05) is 31.1 Å². The average molecular weight is 259 g/mol. The Kier molecular flexibility index (Phi) is 3.77. The monoisotopic (exact) mass is 259 g/mol. The standard InChI is InChI=1S/C12H16F3N3/c13-12(14,15)11(16)9-1-3-10(4-2-9)18-7-5-17-6-8-18/h1-4,11,17H,5-8,16H2/t11-/m1/s1. The van der Waals surface area contributed by atoms with Crippen molar-refractivity contribution >= 4 is 5.69 Å². The van der Waals surface area contributed by atoms with E-state index in [1.54, 1.807) is 12.1 Å². The lowest BCUT2D eigenvalue weighted by molar-refractivity contribution is -0.149. The summed E-state index contributed by atoms with van der Waals surface area (Å²) in [6.07, 6.45) is -4.39. The van der Waals surface area contributed by atoms with Gasteiger partial charge < -0.3 is 16.0 Å². The fraction of sp³-hybridized carbons (Fsp3) is 0.500. The van der Waals surface area contributed by atoms with E-state index in [-0.39, 0.29) is 5.56 Å². The lowest BCUT2D eigenvalue weighted by atomic mass is 10.1. The molecule has 1 aliphatic heterocycles. The first-order chi connectivity index (χ1) is 8.48. The number of hydrogen-bond acceptors (Lipinski definition) is 3. The summed E-state index contributed by atoms with van der Waals surface area (Å²) in [7, 11) is 0. The zero-order valence-electron chi connectivity index (χ0n) is 9.87. The first kappa shape index (κ1) is 13.2. The Balaban J connectivity index is 2.09. The highest BCUT2D eigenvalue weighted by molar-refractivity contribution is 5.48. The number of nitrogens with one attached hydrogen (secondary N) is 1. The molecule has 0 amide bonds. The van der Waals surface area contributed by atoms with E-state index in [1.807, 2.05) is 0 Å². The molecule has 0 radical (unpaired) electrons. The number of hydrogen-bond donors (Lipinski definition) is 2. The van der Waals surface area contributed by atoms with Crippen LogP contribution in [0.25, 0.3) is 0 Å². The Labute approximate surface area is 104 Å². The van der Waals surface area contributed by atoms with Crippen LogP contribution in [-0.2, 0) is 0 Å². The maximum absolute atomic E-state index is 12.4. The number of rotatable bonds is 2. The number of anilines is 1. The summed E-state index contributed by atoms with van der Waals surface area (Å²) in [5.74, 6) is 0. The molecule has 100 valence electrons. The Hall–Kier alpha value is -1.27. The lowest BCUT2D eigenvalue weighted by Crippen LogP contribution is -2.43. The molecule has 0 bridgehead atoms. The minimum absolute atomic E-state index is 0.0985. The molecular weight excluding hydrogens is 243 g/mol. The normalized spacial score (nSPS) is 18.8. The molecule has 2 rings (SSSR count). The van der Waals surface area contributed by atoms with E-state index in [9.17, 15) is 13.2 Å². The number of benzene rings is 1. The highest BCUT2D eigenvalue weighted by atomic mass is 19.4. The highest BCUT2D eigenvalue weighted by Crippen LogP contribution is 2.31. The topological polar surface area (TPSA) is 41.3 Å². The molecule has 0 unspecified atom stereocenters. The predicted molar refractivity (Wildman–Crippen MR) is 64.5 cm³/mol. The minimum Gasteiger partial charge on any atom is -0.369 e. The van der Waals surface area contributed by atoms with Crippen LogP contribution in [0.3, 0.4) is 0 Å². The van der Waals surface area contributed by atoms with Gasteiger partial charge in [0.15, 0.2) is 0 Å². The van der Waals surface area contributed by atoms with E-state index in [0.29, 0.717) is 0 Å². The predicted octanol–water partition coefficient (Wildman–Crippen LogP) is 1.66. The van der Waals surface area contributed by atoms with Gasteiger partial charge in [-0.1, -0.05) is 12.1 Å². The maximum Gasteiger partial charge on any atom is 0.407 e. The van der Waals surface area contributed by atoms with Crippen molar-refractivity contribution in [2.45, 2.75) is 12.2 Å². The summed E-state index contributed by atoms with van der Waals surface area (Å²) >= 11 is 0. The second-order valence-electron chi connectivity index (χ2n) is 4.35. The van der Waals surface area contributed by atoms with Gasteiger partial charge in [0.25, 0.3) is 0 Å². The van der Waals surface area contributed by atoms with Crippen LogP contribution >= 0.6 is 0 Å².